The van der Waals surface area contributed by atoms with E-state index in [1.54, 1.807) is 6.92 Å². The Labute approximate surface area is 81.6 Å². The summed E-state index contributed by atoms with van der Waals surface area (Å²) in [7, 11) is 0. The molecule has 0 N–H and O–H groups in total. The number of carbonyl (C=O) groups is 1. The Hall–Kier alpha value is -1.09. The summed E-state index contributed by atoms with van der Waals surface area (Å²) in [6.07, 6.45) is 0.251. The van der Waals surface area contributed by atoms with Crippen molar-refractivity contribution in [1.82, 2.24) is 0 Å². The fourth-order valence-electron chi connectivity index (χ4n) is 0.964. The molecule has 1 rings (SSSR count). The molecule has 0 aliphatic heterocycles. The van der Waals surface area contributed by atoms with Crippen LogP contribution in [0.1, 0.15) is 23.7 Å². The maximum absolute atomic E-state index is 12.5. The van der Waals surface area contributed by atoms with Crippen LogP contribution in [0.25, 0.3) is 0 Å². The first-order valence-electron chi connectivity index (χ1n) is 3.88. The highest BCUT2D eigenvalue weighted by Crippen LogP contribution is 2.06. The molecule has 3 heteroatoms. The summed E-state index contributed by atoms with van der Waals surface area (Å²) < 4.78 is 12.5. The highest BCUT2D eigenvalue weighted by Gasteiger charge is 2.05. The molecule has 0 bridgehead atoms. The summed E-state index contributed by atoms with van der Waals surface area (Å²) in [5, 5.41) is 0. The zero-order valence-corrected chi connectivity index (χ0v) is 8.03. The van der Waals surface area contributed by atoms with E-state index in [0.717, 1.165) is 0 Å². The molecular weight excluding hydrogens is 187 g/mol. The normalized spacial score (nSPS) is 9.69. The van der Waals surface area contributed by atoms with Crippen LogP contribution < -0.4 is 0 Å². The van der Waals surface area contributed by atoms with Gasteiger partial charge in [-0.2, -0.15) is 0 Å². The summed E-state index contributed by atoms with van der Waals surface area (Å²) in [4.78, 5) is 12.0. The van der Waals surface area contributed by atoms with E-state index in [1.807, 2.05) is 0 Å². The van der Waals surface area contributed by atoms with E-state index in [1.165, 1.54) is 24.3 Å². The van der Waals surface area contributed by atoms with Gasteiger partial charge in [0.05, 0.1) is 0 Å². The summed E-state index contributed by atoms with van der Waals surface area (Å²) in [6, 6.07) is 5.48. The van der Waals surface area contributed by atoms with Gasteiger partial charge in [0.15, 0.2) is 5.78 Å². The molecule has 0 fully saturated rings. The van der Waals surface area contributed by atoms with Gasteiger partial charge in [-0.15, -0.1) is 0 Å². The van der Waals surface area contributed by atoms with Crippen LogP contribution in [0.15, 0.2) is 24.3 Å². The van der Waals surface area contributed by atoms with E-state index in [2.05, 4.69) is 0 Å². The minimum Gasteiger partial charge on any atom is -0.294 e. The van der Waals surface area contributed by atoms with E-state index in [-0.39, 0.29) is 18.0 Å². The van der Waals surface area contributed by atoms with Gasteiger partial charge in [0, 0.05) is 12.0 Å². The fourth-order valence-corrected chi connectivity index (χ4v) is 1.10. The third-order valence-electron chi connectivity index (χ3n) is 1.58. The molecule has 0 spiro atoms. The molecule has 0 amide bonds. The lowest BCUT2D eigenvalue weighted by molar-refractivity contribution is 0.100. The van der Waals surface area contributed by atoms with Crippen molar-refractivity contribution in [2.24, 2.45) is 0 Å². The first kappa shape index (κ1) is 9.99. The van der Waals surface area contributed by atoms with Crippen LogP contribution in [0.3, 0.4) is 0 Å². The number of halogens is 1. The number of hydrogen-bond acceptors (Lipinski definition) is 2. The van der Waals surface area contributed by atoms with Gasteiger partial charge in [-0.05, 0) is 36.1 Å². The monoisotopic (exact) mass is 196 g/mol. The van der Waals surface area contributed by atoms with Gasteiger partial charge < -0.3 is 0 Å². The molecule has 0 aliphatic carbocycles. The molecule has 0 heterocycles. The third-order valence-corrected chi connectivity index (χ3v) is 1.72. The summed E-state index contributed by atoms with van der Waals surface area (Å²) in [5.74, 6) is -0.400. The molecule has 0 saturated heterocycles. The predicted molar refractivity (Wildman–Crippen MR) is 53.6 cm³/mol. The topological polar surface area (TPSA) is 17.1 Å². The van der Waals surface area contributed by atoms with E-state index in [0.29, 0.717) is 10.4 Å². The molecule has 1 aromatic rings. The third kappa shape index (κ3) is 3.03. The molecule has 0 aliphatic rings. The Bertz CT molecular complexity index is 329. The minimum atomic E-state index is -0.337. The number of hydrogen-bond donors (Lipinski definition) is 0. The molecule has 68 valence electrons. The lowest BCUT2D eigenvalue weighted by Gasteiger charge is -1.98. The van der Waals surface area contributed by atoms with Crippen molar-refractivity contribution in [3.05, 3.63) is 35.6 Å². The van der Waals surface area contributed by atoms with Crippen molar-refractivity contribution >= 4 is 22.9 Å². The van der Waals surface area contributed by atoms with E-state index in [4.69, 9.17) is 12.2 Å². The second-order valence-corrected chi connectivity index (χ2v) is 3.51. The first-order chi connectivity index (χ1) is 6.09. The average molecular weight is 196 g/mol. The Balaban J connectivity index is 2.78. The molecule has 0 unspecified atom stereocenters. The lowest BCUT2D eigenvalue weighted by Crippen LogP contribution is -2.03. The van der Waals surface area contributed by atoms with Gasteiger partial charge in [-0.1, -0.05) is 12.2 Å². The smallest absolute Gasteiger partial charge is 0.167 e. The zero-order valence-electron chi connectivity index (χ0n) is 7.21. The summed E-state index contributed by atoms with van der Waals surface area (Å²) in [6.45, 7) is 1.72. The van der Waals surface area contributed by atoms with Crippen LogP contribution in [0.2, 0.25) is 0 Å². The van der Waals surface area contributed by atoms with Crippen LogP contribution in [0.4, 0.5) is 4.39 Å². The second-order valence-electron chi connectivity index (χ2n) is 2.81. The van der Waals surface area contributed by atoms with Crippen LogP contribution in [-0.2, 0) is 0 Å². The molecule has 0 atom stereocenters. The standard InChI is InChI=1S/C10H9FOS/c1-7(13)6-10(12)8-2-4-9(11)5-3-8/h2-5H,6H2,1H3. The highest BCUT2D eigenvalue weighted by atomic mass is 32.1. The predicted octanol–water partition coefficient (Wildman–Crippen LogP) is 2.79. The van der Waals surface area contributed by atoms with Gasteiger partial charge in [0.25, 0.3) is 0 Å². The van der Waals surface area contributed by atoms with Crippen molar-refractivity contribution in [2.75, 3.05) is 0 Å². The largest absolute Gasteiger partial charge is 0.294 e. The minimum absolute atomic E-state index is 0.0625. The molecule has 13 heavy (non-hydrogen) atoms. The fraction of sp³-hybridized carbons (Fsp3) is 0.200. The Morgan fingerprint density at radius 3 is 2.38 bits per heavy atom. The molecule has 0 aromatic heterocycles. The molecule has 1 nitrogen and oxygen atoms in total. The second kappa shape index (κ2) is 4.23. The van der Waals surface area contributed by atoms with Gasteiger partial charge in [-0.25, -0.2) is 4.39 Å². The van der Waals surface area contributed by atoms with Crippen LogP contribution >= 0.6 is 12.2 Å². The number of carbonyl (C=O) groups excluding carboxylic acids is 1. The van der Waals surface area contributed by atoms with Crippen molar-refractivity contribution in [3.63, 3.8) is 0 Å². The Morgan fingerprint density at radius 2 is 1.92 bits per heavy atom. The summed E-state index contributed by atoms with van der Waals surface area (Å²) in [5.41, 5.74) is 0.505. The number of ketones is 1. The van der Waals surface area contributed by atoms with E-state index >= 15 is 0 Å². The SMILES string of the molecule is CC(=S)CC(=O)c1ccc(F)cc1. The molecular formula is C10H9FOS. The van der Waals surface area contributed by atoms with Crippen LogP contribution in [-0.4, -0.2) is 10.6 Å². The molecule has 0 saturated carbocycles. The highest BCUT2D eigenvalue weighted by molar-refractivity contribution is 7.80. The van der Waals surface area contributed by atoms with Crippen LogP contribution in [0, 0.1) is 5.82 Å². The number of rotatable bonds is 3. The maximum Gasteiger partial charge on any atom is 0.167 e. The lowest BCUT2D eigenvalue weighted by atomic mass is 10.1. The Kier molecular flexibility index (Phi) is 3.25. The number of benzene rings is 1. The van der Waals surface area contributed by atoms with Crippen molar-refractivity contribution in [1.29, 1.82) is 0 Å². The average Bonchev–Trinajstić information content (AvgIpc) is 2.04. The maximum atomic E-state index is 12.5. The van der Waals surface area contributed by atoms with Crippen molar-refractivity contribution < 1.29 is 9.18 Å². The zero-order chi connectivity index (χ0) is 9.84. The molecule has 0 radical (unpaired) electrons. The van der Waals surface area contributed by atoms with E-state index < -0.39 is 0 Å². The quantitative estimate of drug-likeness (QED) is 0.546. The van der Waals surface area contributed by atoms with E-state index in [9.17, 15) is 9.18 Å². The van der Waals surface area contributed by atoms with Gasteiger partial charge in [0.1, 0.15) is 5.82 Å². The Morgan fingerprint density at radius 1 is 1.38 bits per heavy atom. The first-order valence-corrected chi connectivity index (χ1v) is 4.28. The van der Waals surface area contributed by atoms with Crippen LogP contribution in [0.5, 0.6) is 0 Å². The van der Waals surface area contributed by atoms with Crippen molar-refractivity contribution in [3.8, 4) is 0 Å². The number of Topliss-reactive ketones (excluding diaryl/α,β-unsaturated/α-hetero) is 1. The van der Waals surface area contributed by atoms with Crippen molar-refractivity contribution in [2.45, 2.75) is 13.3 Å². The van der Waals surface area contributed by atoms with Gasteiger partial charge in [-0.3, -0.25) is 4.79 Å². The van der Waals surface area contributed by atoms with Gasteiger partial charge in [0.2, 0.25) is 0 Å². The number of thiocarbonyl (C=S) groups is 1. The summed E-state index contributed by atoms with van der Waals surface area (Å²) >= 11 is 4.80. The van der Waals surface area contributed by atoms with Gasteiger partial charge >= 0.3 is 0 Å². The molecule has 1 aromatic carbocycles.